The van der Waals surface area contributed by atoms with E-state index in [0.29, 0.717) is 0 Å². The number of aliphatic carboxylic acids is 2. The molecule has 124 valence electrons. The van der Waals surface area contributed by atoms with Crippen LogP contribution in [0.3, 0.4) is 0 Å². The van der Waals surface area contributed by atoms with Gasteiger partial charge in [0.15, 0.2) is 0 Å². The summed E-state index contributed by atoms with van der Waals surface area (Å²) in [7, 11) is 0. The van der Waals surface area contributed by atoms with E-state index in [-0.39, 0.29) is 0 Å². The fourth-order valence-electron chi connectivity index (χ4n) is 0.938. The number of ether oxygens (including phenoxy) is 2. The van der Waals surface area contributed by atoms with E-state index < -0.39 is 11.9 Å². The average Bonchev–Trinajstić information content (AvgIpc) is 2.50. The van der Waals surface area contributed by atoms with E-state index in [1.807, 2.05) is 13.8 Å². The number of hydrogen-bond acceptors (Lipinski definition) is 4. The smallest absolute Gasteiger partial charge is 0.328 e. The van der Waals surface area contributed by atoms with E-state index in [1.54, 1.807) is 24.3 Å². The summed E-state index contributed by atoms with van der Waals surface area (Å²) in [5.74, 6) is -1.83. The van der Waals surface area contributed by atoms with Crippen LogP contribution in [0.1, 0.15) is 13.8 Å². The Morgan fingerprint density at radius 2 is 1.05 bits per heavy atom. The average molecular weight is 312 g/mol. The van der Waals surface area contributed by atoms with Gasteiger partial charge in [-0.3, -0.25) is 0 Å². The molecule has 1 aliphatic heterocycles. The Kier molecular flexibility index (Phi) is 18.9. The maximum absolute atomic E-state index is 9.75. The van der Waals surface area contributed by atoms with Crippen molar-refractivity contribution in [3.05, 3.63) is 48.6 Å². The molecule has 1 fully saturated rings. The van der Waals surface area contributed by atoms with Crippen molar-refractivity contribution < 1.29 is 29.3 Å². The first-order chi connectivity index (χ1) is 10.5. The number of carboxylic acid groups (broad SMARTS) is 2. The lowest BCUT2D eigenvalue weighted by molar-refractivity contribution is -0.132. The zero-order valence-electron chi connectivity index (χ0n) is 13.0. The van der Waals surface area contributed by atoms with Gasteiger partial charge in [0.25, 0.3) is 0 Å². The third-order valence-corrected chi connectivity index (χ3v) is 1.83. The topological polar surface area (TPSA) is 93.1 Å². The Morgan fingerprint density at radius 1 is 0.727 bits per heavy atom. The number of carbonyl (C=O) groups is 2. The molecule has 6 heteroatoms. The van der Waals surface area contributed by atoms with E-state index in [1.165, 1.54) is 12.2 Å². The van der Waals surface area contributed by atoms with Crippen LogP contribution in [-0.4, -0.2) is 48.6 Å². The third-order valence-electron chi connectivity index (χ3n) is 1.83. The molecule has 0 saturated carbocycles. The van der Waals surface area contributed by atoms with Crippen molar-refractivity contribution in [2.24, 2.45) is 0 Å². The van der Waals surface area contributed by atoms with E-state index in [0.717, 1.165) is 38.6 Å². The lowest BCUT2D eigenvalue weighted by atomic mass is 10.4. The lowest BCUT2D eigenvalue weighted by Gasteiger charge is -2.09. The van der Waals surface area contributed by atoms with Crippen LogP contribution < -0.4 is 0 Å². The minimum Gasteiger partial charge on any atom is -0.478 e. The second kappa shape index (κ2) is 18.8. The van der Waals surface area contributed by atoms with E-state index in [2.05, 4.69) is 0 Å². The second-order valence-corrected chi connectivity index (χ2v) is 3.67. The molecule has 0 radical (unpaired) electrons. The molecule has 1 heterocycles. The van der Waals surface area contributed by atoms with Crippen LogP contribution in [0, 0.1) is 0 Å². The minimum absolute atomic E-state index is 0.778. The molecular weight excluding hydrogens is 288 g/mol. The molecule has 22 heavy (non-hydrogen) atoms. The van der Waals surface area contributed by atoms with Crippen molar-refractivity contribution in [1.82, 2.24) is 0 Å². The van der Waals surface area contributed by atoms with Gasteiger partial charge in [-0.25, -0.2) is 9.59 Å². The molecule has 1 rings (SSSR count). The van der Waals surface area contributed by atoms with Crippen LogP contribution in [0.5, 0.6) is 0 Å². The Labute approximate surface area is 131 Å². The normalized spacial score (nSPS) is 14.6. The molecule has 0 amide bonds. The van der Waals surface area contributed by atoms with Gasteiger partial charge in [0.05, 0.1) is 26.4 Å². The molecule has 1 aliphatic rings. The maximum atomic E-state index is 9.75. The molecule has 0 aromatic heterocycles. The van der Waals surface area contributed by atoms with Crippen LogP contribution in [0.15, 0.2) is 48.6 Å². The maximum Gasteiger partial charge on any atom is 0.328 e. The van der Waals surface area contributed by atoms with Gasteiger partial charge in [0.1, 0.15) is 0 Å². The van der Waals surface area contributed by atoms with Gasteiger partial charge in [0.2, 0.25) is 0 Å². The minimum atomic E-state index is -0.914. The SMILES string of the molecule is C/C=C/C=C/C(=O)O.C/C=C/C=C/C(=O)O.C1COCCO1. The summed E-state index contributed by atoms with van der Waals surface area (Å²) in [5.41, 5.74) is 0. The Hall–Kier alpha value is -2.18. The van der Waals surface area contributed by atoms with Crippen molar-refractivity contribution >= 4 is 11.9 Å². The van der Waals surface area contributed by atoms with Gasteiger partial charge >= 0.3 is 11.9 Å². The summed E-state index contributed by atoms with van der Waals surface area (Å²) in [5, 5.41) is 16.0. The molecular formula is C16H24O6. The first kappa shape index (κ1) is 22.1. The molecule has 0 bridgehead atoms. The highest BCUT2D eigenvalue weighted by Crippen LogP contribution is 1.85. The number of carboxylic acids is 2. The molecule has 1 saturated heterocycles. The van der Waals surface area contributed by atoms with Crippen molar-refractivity contribution in [3.63, 3.8) is 0 Å². The summed E-state index contributed by atoms with van der Waals surface area (Å²) in [6, 6.07) is 0. The lowest BCUT2D eigenvalue weighted by Crippen LogP contribution is -2.16. The van der Waals surface area contributed by atoms with Crippen molar-refractivity contribution in [1.29, 1.82) is 0 Å². The second-order valence-electron chi connectivity index (χ2n) is 3.67. The zero-order chi connectivity index (χ0) is 17.1. The monoisotopic (exact) mass is 312 g/mol. The predicted molar refractivity (Wildman–Crippen MR) is 84.8 cm³/mol. The standard InChI is InChI=1S/2C6H8O2.C4H8O2/c2*1-2-3-4-5-6(7)8;1-2-6-4-3-5-1/h2*2-5H,1H3,(H,7,8);1-4H2/b2*3-2+,5-4+;. The Balaban J connectivity index is 0. The van der Waals surface area contributed by atoms with Crippen LogP contribution >= 0.6 is 0 Å². The summed E-state index contributed by atoms with van der Waals surface area (Å²) in [6.07, 6.45) is 12.0. The molecule has 2 N–H and O–H groups in total. The highest BCUT2D eigenvalue weighted by atomic mass is 16.6. The number of allylic oxidation sites excluding steroid dienone is 6. The summed E-state index contributed by atoms with van der Waals surface area (Å²) >= 11 is 0. The van der Waals surface area contributed by atoms with Crippen LogP contribution in [0.2, 0.25) is 0 Å². The van der Waals surface area contributed by atoms with Gasteiger partial charge in [-0.2, -0.15) is 0 Å². The first-order valence-electron chi connectivity index (χ1n) is 6.74. The van der Waals surface area contributed by atoms with Crippen molar-refractivity contribution in [2.45, 2.75) is 13.8 Å². The largest absolute Gasteiger partial charge is 0.478 e. The van der Waals surface area contributed by atoms with Crippen molar-refractivity contribution in [2.75, 3.05) is 26.4 Å². The van der Waals surface area contributed by atoms with Gasteiger partial charge < -0.3 is 19.7 Å². The van der Waals surface area contributed by atoms with E-state index >= 15 is 0 Å². The molecule has 0 aliphatic carbocycles. The van der Waals surface area contributed by atoms with Gasteiger partial charge in [-0.1, -0.05) is 36.5 Å². The third kappa shape index (κ3) is 26.4. The highest BCUT2D eigenvalue weighted by Gasteiger charge is 1.94. The predicted octanol–water partition coefficient (Wildman–Crippen LogP) is 2.44. The summed E-state index contributed by atoms with van der Waals surface area (Å²) in [6.45, 7) is 6.76. The quantitative estimate of drug-likeness (QED) is 0.612. The Morgan fingerprint density at radius 3 is 1.23 bits per heavy atom. The fourth-order valence-corrected chi connectivity index (χ4v) is 0.938. The molecule has 0 atom stereocenters. The molecule has 6 nitrogen and oxygen atoms in total. The van der Waals surface area contributed by atoms with Crippen molar-refractivity contribution in [3.8, 4) is 0 Å². The Bertz CT molecular complexity index is 346. The first-order valence-corrected chi connectivity index (χ1v) is 6.74. The number of hydrogen-bond donors (Lipinski definition) is 2. The highest BCUT2D eigenvalue weighted by molar-refractivity contribution is 5.80. The molecule has 0 spiro atoms. The van der Waals surface area contributed by atoms with Gasteiger partial charge in [-0.15, -0.1) is 0 Å². The summed E-state index contributed by atoms with van der Waals surface area (Å²) in [4.78, 5) is 19.5. The molecule has 0 aromatic rings. The van der Waals surface area contributed by atoms with Gasteiger partial charge in [-0.05, 0) is 13.8 Å². The zero-order valence-corrected chi connectivity index (χ0v) is 13.0. The van der Waals surface area contributed by atoms with E-state index in [9.17, 15) is 9.59 Å². The van der Waals surface area contributed by atoms with Crippen LogP contribution in [0.4, 0.5) is 0 Å². The van der Waals surface area contributed by atoms with Crippen LogP contribution in [-0.2, 0) is 19.1 Å². The number of rotatable bonds is 4. The van der Waals surface area contributed by atoms with Crippen LogP contribution in [0.25, 0.3) is 0 Å². The van der Waals surface area contributed by atoms with Gasteiger partial charge in [0, 0.05) is 12.2 Å². The molecule has 0 aromatic carbocycles. The summed E-state index contributed by atoms with van der Waals surface area (Å²) < 4.78 is 9.89. The fraction of sp³-hybridized carbons (Fsp3) is 0.375. The molecule has 0 unspecified atom stereocenters. The van der Waals surface area contributed by atoms with E-state index in [4.69, 9.17) is 19.7 Å².